The second-order valence-electron chi connectivity index (χ2n) is 4.47. The van der Waals surface area contributed by atoms with E-state index in [0.717, 1.165) is 12.2 Å². The zero-order valence-electron chi connectivity index (χ0n) is 10.7. The number of methoxy groups -OCH3 is 1. The summed E-state index contributed by atoms with van der Waals surface area (Å²) in [6, 6.07) is 4.30. The minimum Gasteiger partial charge on any atom is -0.496 e. The lowest BCUT2D eigenvalue weighted by atomic mass is 9.96. The van der Waals surface area contributed by atoms with E-state index < -0.39 is 0 Å². The normalized spacial score (nSPS) is 15.2. The number of nitrogens with one attached hydrogen (secondary N) is 1. The molecule has 1 aliphatic carbocycles. The van der Waals surface area contributed by atoms with Crippen molar-refractivity contribution in [2.24, 2.45) is 0 Å². The highest BCUT2D eigenvalue weighted by molar-refractivity contribution is 5.45. The van der Waals surface area contributed by atoms with Gasteiger partial charge in [0.25, 0.3) is 0 Å². The SMILES string of the molecule is CONCc1c(OC)ccc2c1CCCCC2. The molecule has 3 nitrogen and oxygen atoms in total. The van der Waals surface area contributed by atoms with Crippen LogP contribution in [0.1, 0.15) is 36.0 Å². The molecule has 1 aromatic carbocycles. The molecule has 1 aromatic rings. The number of ether oxygens (including phenoxy) is 1. The van der Waals surface area contributed by atoms with Crippen LogP contribution in [-0.2, 0) is 24.2 Å². The van der Waals surface area contributed by atoms with Gasteiger partial charge in [0.2, 0.25) is 0 Å². The number of hydrogen-bond donors (Lipinski definition) is 1. The molecule has 0 saturated heterocycles. The smallest absolute Gasteiger partial charge is 0.123 e. The highest BCUT2D eigenvalue weighted by atomic mass is 16.6. The van der Waals surface area contributed by atoms with Gasteiger partial charge in [0.15, 0.2) is 0 Å². The number of aryl methyl sites for hydroxylation is 1. The van der Waals surface area contributed by atoms with Crippen LogP contribution in [0.25, 0.3) is 0 Å². The fourth-order valence-corrected chi connectivity index (χ4v) is 2.59. The molecule has 0 amide bonds. The van der Waals surface area contributed by atoms with Gasteiger partial charge < -0.3 is 9.57 Å². The first-order valence-electron chi connectivity index (χ1n) is 6.30. The molecule has 17 heavy (non-hydrogen) atoms. The lowest BCUT2D eigenvalue weighted by molar-refractivity contribution is 0.0859. The van der Waals surface area contributed by atoms with E-state index >= 15 is 0 Å². The average molecular weight is 235 g/mol. The summed E-state index contributed by atoms with van der Waals surface area (Å²) in [7, 11) is 3.38. The molecule has 3 heteroatoms. The zero-order valence-corrected chi connectivity index (χ0v) is 10.7. The number of fused-ring (bicyclic) bond motifs is 1. The van der Waals surface area contributed by atoms with Crippen molar-refractivity contribution in [2.45, 2.75) is 38.6 Å². The van der Waals surface area contributed by atoms with E-state index in [1.807, 2.05) is 0 Å². The molecule has 0 bridgehead atoms. The Kier molecular flexibility index (Phi) is 4.40. The minimum absolute atomic E-state index is 0.711. The molecule has 2 rings (SSSR count). The van der Waals surface area contributed by atoms with E-state index in [2.05, 4.69) is 17.6 Å². The Morgan fingerprint density at radius 3 is 2.71 bits per heavy atom. The molecule has 0 spiro atoms. The summed E-state index contributed by atoms with van der Waals surface area (Å²) in [5.41, 5.74) is 7.13. The van der Waals surface area contributed by atoms with Gasteiger partial charge in [-0.1, -0.05) is 12.5 Å². The molecule has 0 heterocycles. The van der Waals surface area contributed by atoms with Gasteiger partial charge in [-0.15, -0.1) is 0 Å². The largest absolute Gasteiger partial charge is 0.496 e. The van der Waals surface area contributed by atoms with Crippen molar-refractivity contribution in [1.82, 2.24) is 5.48 Å². The number of benzene rings is 1. The highest BCUT2D eigenvalue weighted by Crippen LogP contribution is 2.30. The molecule has 0 aromatic heterocycles. The quantitative estimate of drug-likeness (QED) is 0.643. The van der Waals surface area contributed by atoms with Crippen molar-refractivity contribution in [1.29, 1.82) is 0 Å². The fourth-order valence-electron chi connectivity index (χ4n) is 2.59. The van der Waals surface area contributed by atoms with Crippen LogP contribution in [0.15, 0.2) is 12.1 Å². The summed E-state index contributed by atoms with van der Waals surface area (Å²) in [5.74, 6) is 0.968. The van der Waals surface area contributed by atoms with Crippen LogP contribution in [0.5, 0.6) is 5.75 Å². The van der Waals surface area contributed by atoms with Gasteiger partial charge in [-0.05, 0) is 42.9 Å². The second kappa shape index (κ2) is 6.03. The van der Waals surface area contributed by atoms with Gasteiger partial charge >= 0.3 is 0 Å². The number of hydroxylamine groups is 1. The lowest BCUT2D eigenvalue weighted by Crippen LogP contribution is -2.14. The van der Waals surface area contributed by atoms with E-state index in [4.69, 9.17) is 9.57 Å². The predicted molar refractivity (Wildman–Crippen MR) is 68.1 cm³/mol. The first-order chi connectivity index (χ1) is 8.36. The van der Waals surface area contributed by atoms with Gasteiger partial charge in [0, 0.05) is 12.1 Å². The molecule has 0 aliphatic heterocycles. The summed E-state index contributed by atoms with van der Waals surface area (Å²) in [6.07, 6.45) is 6.26. The molecule has 0 saturated carbocycles. The van der Waals surface area contributed by atoms with Gasteiger partial charge in [0.05, 0.1) is 14.2 Å². The molecule has 1 aliphatic rings. The second-order valence-corrected chi connectivity index (χ2v) is 4.47. The van der Waals surface area contributed by atoms with Gasteiger partial charge in [-0.25, -0.2) is 0 Å². The molecule has 94 valence electrons. The third-order valence-electron chi connectivity index (χ3n) is 3.47. The Hall–Kier alpha value is -1.06. The third-order valence-corrected chi connectivity index (χ3v) is 3.47. The van der Waals surface area contributed by atoms with Crippen molar-refractivity contribution < 1.29 is 9.57 Å². The monoisotopic (exact) mass is 235 g/mol. The summed E-state index contributed by atoms with van der Waals surface area (Å²) < 4.78 is 5.45. The van der Waals surface area contributed by atoms with Gasteiger partial charge in [-0.3, -0.25) is 0 Å². The predicted octanol–water partition coefficient (Wildman–Crippen LogP) is 2.62. The van der Waals surface area contributed by atoms with Crippen LogP contribution in [0, 0.1) is 0 Å². The Bertz CT molecular complexity index is 377. The van der Waals surface area contributed by atoms with Crippen LogP contribution in [0.2, 0.25) is 0 Å². The lowest BCUT2D eigenvalue weighted by Gasteiger charge is -2.16. The summed E-state index contributed by atoms with van der Waals surface area (Å²) >= 11 is 0. The van der Waals surface area contributed by atoms with Crippen molar-refractivity contribution >= 4 is 0 Å². The Morgan fingerprint density at radius 2 is 1.94 bits per heavy atom. The average Bonchev–Trinajstić information content (AvgIpc) is 2.60. The maximum absolute atomic E-state index is 5.45. The van der Waals surface area contributed by atoms with Crippen molar-refractivity contribution in [3.63, 3.8) is 0 Å². The maximum Gasteiger partial charge on any atom is 0.123 e. The van der Waals surface area contributed by atoms with Crippen molar-refractivity contribution in [3.05, 3.63) is 28.8 Å². The molecular formula is C14H21NO2. The Balaban J connectivity index is 2.36. The van der Waals surface area contributed by atoms with Crippen molar-refractivity contribution in [2.75, 3.05) is 14.2 Å². The molecule has 0 atom stereocenters. The third kappa shape index (κ3) is 2.79. The van der Waals surface area contributed by atoms with E-state index in [1.165, 1.54) is 42.4 Å². The summed E-state index contributed by atoms with van der Waals surface area (Å²) in [6.45, 7) is 0.711. The number of rotatable bonds is 4. The van der Waals surface area contributed by atoms with Gasteiger partial charge in [0.1, 0.15) is 5.75 Å². The molecule has 0 unspecified atom stereocenters. The minimum atomic E-state index is 0.711. The highest BCUT2D eigenvalue weighted by Gasteiger charge is 2.15. The van der Waals surface area contributed by atoms with Crippen molar-refractivity contribution in [3.8, 4) is 5.75 Å². The molecule has 0 fully saturated rings. The standard InChI is InChI=1S/C14H21NO2/c1-16-14-9-8-11-6-4-3-5-7-12(11)13(14)10-15-17-2/h8-9,15H,3-7,10H2,1-2H3. The molecular weight excluding hydrogens is 214 g/mol. The summed E-state index contributed by atoms with van der Waals surface area (Å²) in [5, 5.41) is 0. The molecule has 1 N–H and O–H groups in total. The van der Waals surface area contributed by atoms with E-state index in [1.54, 1.807) is 14.2 Å². The fraction of sp³-hybridized carbons (Fsp3) is 0.571. The first-order valence-corrected chi connectivity index (χ1v) is 6.30. The zero-order chi connectivity index (χ0) is 12.1. The van der Waals surface area contributed by atoms with Crippen LogP contribution in [-0.4, -0.2) is 14.2 Å². The maximum atomic E-state index is 5.45. The topological polar surface area (TPSA) is 30.5 Å². The Morgan fingerprint density at radius 1 is 1.12 bits per heavy atom. The van der Waals surface area contributed by atoms with Crippen LogP contribution in [0.3, 0.4) is 0 Å². The molecule has 0 radical (unpaired) electrons. The Labute approximate surface area is 103 Å². The number of hydrogen-bond acceptors (Lipinski definition) is 3. The van der Waals surface area contributed by atoms with E-state index in [9.17, 15) is 0 Å². The van der Waals surface area contributed by atoms with Crippen LogP contribution >= 0.6 is 0 Å². The van der Waals surface area contributed by atoms with E-state index in [-0.39, 0.29) is 0 Å². The van der Waals surface area contributed by atoms with Gasteiger partial charge in [-0.2, -0.15) is 5.48 Å². The van der Waals surface area contributed by atoms with E-state index in [0.29, 0.717) is 6.54 Å². The first kappa shape index (κ1) is 12.4. The summed E-state index contributed by atoms with van der Waals surface area (Å²) in [4.78, 5) is 4.96. The van der Waals surface area contributed by atoms with Crippen LogP contribution < -0.4 is 10.2 Å². The van der Waals surface area contributed by atoms with Crippen LogP contribution in [0.4, 0.5) is 0 Å².